The SMILES string of the molecule is CN(C)CC/N=c1\c2ccccc2cc(C#N)c2ccccc12. The van der Waals surface area contributed by atoms with Crippen LogP contribution in [0.4, 0.5) is 0 Å². The fourth-order valence-corrected chi connectivity index (χ4v) is 2.77. The molecule has 23 heavy (non-hydrogen) atoms. The summed E-state index contributed by atoms with van der Waals surface area (Å²) in [6.45, 7) is 1.62. The first-order valence-electron chi connectivity index (χ1n) is 7.71. The summed E-state index contributed by atoms with van der Waals surface area (Å²) in [5.41, 5.74) is 0.686. The molecule has 0 amide bonds. The highest BCUT2D eigenvalue weighted by Gasteiger charge is 2.05. The zero-order valence-electron chi connectivity index (χ0n) is 13.5. The van der Waals surface area contributed by atoms with Crippen molar-refractivity contribution in [2.24, 2.45) is 4.99 Å². The van der Waals surface area contributed by atoms with Gasteiger partial charge in [-0.25, -0.2) is 0 Å². The summed E-state index contributed by atoms with van der Waals surface area (Å²) in [5.74, 6) is 0. The second kappa shape index (κ2) is 6.60. The van der Waals surface area contributed by atoms with Gasteiger partial charge >= 0.3 is 0 Å². The Labute approximate surface area is 136 Å². The monoisotopic (exact) mass is 301 g/mol. The quantitative estimate of drug-likeness (QED) is 0.744. The molecule has 0 spiro atoms. The fourth-order valence-electron chi connectivity index (χ4n) is 2.77. The molecule has 3 rings (SSSR count). The molecule has 3 aromatic rings. The van der Waals surface area contributed by atoms with E-state index in [4.69, 9.17) is 4.99 Å². The summed E-state index contributed by atoms with van der Waals surface area (Å²) in [6.07, 6.45) is 0. The summed E-state index contributed by atoms with van der Waals surface area (Å²) in [6, 6.07) is 20.5. The van der Waals surface area contributed by atoms with E-state index in [1.807, 2.05) is 56.6 Å². The van der Waals surface area contributed by atoms with Gasteiger partial charge in [0.1, 0.15) is 0 Å². The van der Waals surface area contributed by atoms with Crippen LogP contribution in [0.3, 0.4) is 0 Å². The molecule has 0 N–H and O–H groups in total. The maximum absolute atomic E-state index is 9.56. The number of benzene rings is 2. The highest BCUT2D eigenvalue weighted by molar-refractivity contribution is 5.96. The third-order valence-electron chi connectivity index (χ3n) is 3.93. The summed E-state index contributed by atoms with van der Waals surface area (Å²) in [7, 11) is 4.09. The highest BCUT2D eigenvalue weighted by atomic mass is 15.1. The summed E-state index contributed by atoms with van der Waals surface area (Å²) in [5, 5.41) is 14.6. The maximum Gasteiger partial charge on any atom is 0.0998 e. The van der Waals surface area contributed by atoms with Gasteiger partial charge in [0.2, 0.25) is 0 Å². The van der Waals surface area contributed by atoms with Crippen molar-refractivity contribution in [3.8, 4) is 6.07 Å². The van der Waals surface area contributed by atoms with Crippen LogP contribution in [-0.4, -0.2) is 32.1 Å². The lowest BCUT2D eigenvalue weighted by Gasteiger charge is -2.05. The molecule has 0 unspecified atom stereocenters. The van der Waals surface area contributed by atoms with Crippen LogP contribution in [0.5, 0.6) is 0 Å². The van der Waals surface area contributed by atoms with Gasteiger partial charge in [0.15, 0.2) is 0 Å². The summed E-state index contributed by atoms with van der Waals surface area (Å²) < 4.78 is 0. The van der Waals surface area contributed by atoms with E-state index in [1.165, 1.54) is 0 Å². The van der Waals surface area contributed by atoms with Crippen LogP contribution in [0.2, 0.25) is 0 Å². The van der Waals surface area contributed by atoms with Crippen LogP contribution < -0.4 is 5.36 Å². The molecule has 0 atom stereocenters. The van der Waals surface area contributed by atoms with E-state index < -0.39 is 0 Å². The Kier molecular flexibility index (Phi) is 4.36. The van der Waals surface area contributed by atoms with E-state index in [-0.39, 0.29) is 0 Å². The Balaban J connectivity index is 2.45. The minimum Gasteiger partial charge on any atom is -0.308 e. The number of nitrogens with zero attached hydrogens (tertiary/aromatic N) is 3. The number of fused-ring (bicyclic) bond motifs is 2. The van der Waals surface area contributed by atoms with Gasteiger partial charge < -0.3 is 4.90 Å². The minimum absolute atomic E-state index is 0.686. The first-order chi connectivity index (χ1) is 11.2. The third-order valence-corrected chi connectivity index (χ3v) is 3.93. The summed E-state index contributed by atoms with van der Waals surface area (Å²) >= 11 is 0. The van der Waals surface area contributed by atoms with Crippen molar-refractivity contribution in [1.82, 2.24) is 4.90 Å². The molecule has 3 nitrogen and oxygen atoms in total. The molecular formula is C20H19N3. The van der Waals surface area contributed by atoms with Crippen LogP contribution in [0.15, 0.2) is 59.6 Å². The van der Waals surface area contributed by atoms with Gasteiger partial charge in [-0.2, -0.15) is 5.26 Å². The number of hydrogen-bond acceptors (Lipinski definition) is 3. The molecule has 114 valence electrons. The smallest absolute Gasteiger partial charge is 0.0998 e. The molecule has 0 aliphatic carbocycles. The predicted molar refractivity (Wildman–Crippen MR) is 95.2 cm³/mol. The van der Waals surface area contributed by atoms with E-state index in [1.54, 1.807) is 0 Å². The van der Waals surface area contributed by atoms with E-state index >= 15 is 0 Å². The Morgan fingerprint density at radius 1 is 0.957 bits per heavy atom. The van der Waals surface area contributed by atoms with Gasteiger partial charge in [0.25, 0.3) is 0 Å². The zero-order valence-corrected chi connectivity index (χ0v) is 13.5. The van der Waals surface area contributed by atoms with Crippen LogP contribution >= 0.6 is 0 Å². The van der Waals surface area contributed by atoms with Crippen molar-refractivity contribution in [2.45, 2.75) is 0 Å². The van der Waals surface area contributed by atoms with Crippen LogP contribution in [-0.2, 0) is 0 Å². The van der Waals surface area contributed by atoms with E-state index in [9.17, 15) is 5.26 Å². The van der Waals surface area contributed by atoms with Crippen molar-refractivity contribution < 1.29 is 0 Å². The average molecular weight is 301 g/mol. The van der Waals surface area contributed by atoms with Crippen molar-refractivity contribution in [1.29, 1.82) is 5.26 Å². The van der Waals surface area contributed by atoms with E-state index in [2.05, 4.69) is 23.1 Å². The topological polar surface area (TPSA) is 39.4 Å². The fraction of sp³-hybridized carbons (Fsp3) is 0.200. The first kappa shape index (κ1) is 15.2. The third kappa shape index (κ3) is 3.08. The van der Waals surface area contributed by atoms with Crippen LogP contribution in [0.1, 0.15) is 5.56 Å². The Morgan fingerprint density at radius 3 is 2.30 bits per heavy atom. The summed E-state index contributed by atoms with van der Waals surface area (Å²) in [4.78, 5) is 6.99. The number of nitriles is 1. The number of likely N-dealkylation sites (N-methyl/N-ethyl adjacent to an activating group) is 1. The lowest BCUT2D eigenvalue weighted by molar-refractivity contribution is 0.419. The molecule has 0 radical (unpaired) electrons. The molecule has 0 bridgehead atoms. The molecule has 0 aromatic heterocycles. The standard InChI is InChI=1S/C20H19N3/c1-23(2)12-11-22-20-18-9-4-3-7-15(18)13-16(14-21)17-8-5-6-10-19(17)20/h3-10,13H,11-12H2,1-2H3/b22-20+. The molecule has 3 heteroatoms. The zero-order chi connectivity index (χ0) is 16.2. The molecular weight excluding hydrogens is 282 g/mol. The molecule has 0 fully saturated rings. The van der Waals surface area contributed by atoms with Crippen molar-refractivity contribution in [3.05, 3.63) is 65.5 Å². The van der Waals surface area contributed by atoms with E-state index in [0.29, 0.717) is 5.56 Å². The second-order valence-corrected chi connectivity index (χ2v) is 5.84. The van der Waals surface area contributed by atoms with E-state index in [0.717, 1.165) is 40.0 Å². The second-order valence-electron chi connectivity index (χ2n) is 5.84. The Morgan fingerprint density at radius 2 is 1.61 bits per heavy atom. The van der Waals surface area contributed by atoms with Gasteiger partial charge in [-0.05, 0) is 25.5 Å². The number of rotatable bonds is 3. The first-order valence-corrected chi connectivity index (χ1v) is 7.71. The predicted octanol–water partition coefficient (Wildman–Crippen LogP) is 3.33. The lowest BCUT2D eigenvalue weighted by Crippen LogP contribution is -2.17. The average Bonchev–Trinajstić information content (AvgIpc) is 2.70. The lowest BCUT2D eigenvalue weighted by atomic mass is 10.1. The van der Waals surface area contributed by atoms with Crippen LogP contribution in [0, 0.1) is 11.3 Å². The Hall–Kier alpha value is -2.70. The largest absolute Gasteiger partial charge is 0.308 e. The molecule has 0 aliphatic heterocycles. The van der Waals surface area contributed by atoms with Gasteiger partial charge in [0.05, 0.1) is 23.5 Å². The molecule has 0 saturated heterocycles. The molecule has 0 saturated carbocycles. The van der Waals surface area contributed by atoms with Gasteiger partial charge in [-0.15, -0.1) is 0 Å². The van der Waals surface area contributed by atoms with Crippen molar-refractivity contribution >= 4 is 21.5 Å². The highest BCUT2D eigenvalue weighted by Crippen LogP contribution is 2.19. The molecule has 0 aliphatic rings. The van der Waals surface area contributed by atoms with Crippen molar-refractivity contribution in [3.63, 3.8) is 0 Å². The molecule has 3 aromatic carbocycles. The van der Waals surface area contributed by atoms with Crippen molar-refractivity contribution in [2.75, 3.05) is 27.2 Å². The molecule has 0 heterocycles. The van der Waals surface area contributed by atoms with Crippen LogP contribution in [0.25, 0.3) is 21.5 Å². The normalized spacial score (nSPS) is 12.0. The Bertz CT molecular complexity index is 966. The van der Waals surface area contributed by atoms with Gasteiger partial charge in [0, 0.05) is 22.7 Å². The van der Waals surface area contributed by atoms with Gasteiger partial charge in [-0.3, -0.25) is 4.99 Å². The minimum atomic E-state index is 0.686. The van der Waals surface area contributed by atoms with Gasteiger partial charge in [-0.1, -0.05) is 48.5 Å². The number of hydrogen-bond donors (Lipinski definition) is 0. The maximum atomic E-state index is 9.56.